The summed E-state index contributed by atoms with van der Waals surface area (Å²) in [5, 5.41) is 0. The van der Waals surface area contributed by atoms with Crippen LogP contribution >= 0.6 is 10.7 Å². The molecule has 0 spiro atoms. The van der Waals surface area contributed by atoms with E-state index in [1.54, 1.807) is 0 Å². The van der Waals surface area contributed by atoms with Crippen molar-refractivity contribution >= 4 is 25.7 Å². The zero-order chi connectivity index (χ0) is 18.8. The first-order chi connectivity index (χ1) is 12.5. The van der Waals surface area contributed by atoms with E-state index in [1.165, 1.54) is 24.3 Å². The van der Waals surface area contributed by atoms with Gasteiger partial charge in [-0.25, -0.2) is 13.2 Å². The Labute approximate surface area is 156 Å². The van der Waals surface area contributed by atoms with Crippen LogP contribution < -0.4 is 0 Å². The number of hydrogen-bond acceptors (Lipinski definition) is 8. The molecular formula is C16H21ClO8S. The van der Waals surface area contributed by atoms with Crippen molar-refractivity contribution in [3.8, 4) is 0 Å². The molecular weight excluding hydrogens is 388 g/mol. The minimum atomic E-state index is -4.06. The highest BCUT2D eigenvalue weighted by Gasteiger charge is 2.22. The van der Waals surface area contributed by atoms with Crippen LogP contribution in [-0.4, -0.2) is 73.3 Å². The SMILES string of the molecule is O=C(OCC1COCCOCCOCCO1)c1ccccc1S(=O)(=O)Cl. The third-order valence-electron chi connectivity index (χ3n) is 3.40. The van der Waals surface area contributed by atoms with E-state index in [2.05, 4.69) is 0 Å². The van der Waals surface area contributed by atoms with Gasteiger partial charge in [-0.1, -0.05) is 12.1 Å². The van der Waals surface area contributed by atoms with Crippen LogP contribution in [0.25, 0.3) is 0 Å². The Morgan fingerprint density at radius 1 is 1.04 bits per heavy atom. The number of hydrogen-bond donors (Lipinski definition) is 0. The van der Waals surface area contributed by atoms with Crippen molar-refractivity contribution in [3.63, 3.8) is 0 Å². The maximum atomic E-state index is 12.2. The fourth-order valence-electron chi connectivity index (χ4n) is 2.17. The molecule has 1 aromatic carbocycles. The Kier molecular flexibility index (Phi) is 8.76. The van der Waals surface area contributed by atoms with Gasteiger partial charge < -0.3 is 23.7 Å². The van der Waals surface area contributed by atoms with Crippen molar-refractivity contribution < 1.29 is 36.9 Å². The summed E-state index contributed by atoms with van der Waals surface area (Å²) in [5.74, 6) is -0.806. The highest BCUT2D eigenvalue weighted by Crippen LogP contribution is 2.20. The molecule has 1 aromatic rings. The van der Waals surface area contributed by atoms with E-state index in [1.807, 2.05) is 0 Å². The van der Waals surface area contributed by atoms with Gasteiger partial charge in [0.25, 0.3) is 9.05 Å². The summed E-state index contributed by atoms with van der Waals surface area (Å²) in [4.78, 5) is 11.9. The summed E-state index contributed by atoms with van der Waals surface area (Å²) in [6.45, 7) is 2.54. The van der Waals surface area contributed by atoms with Crippen molar-refractivity contribution in [1.29, 1.82) is 0 Å². The largest absolute Gasteiger partial charge is 0.459 e. The van der Waals surface area contributed by atoms with Gasteiger partial charge in [0.2, 0.25) is 0 Å². The lowest BCUT2D eigenvalue weighted by atomic mass is 10.2. The monoisotopic (exact) mass is 408 g/mol. The quantitative estimate of drug-likeness (QED) is 0.542. The van der Waals surface area contributed by atoms with Gasteiger partial charge in [0, 0.05) is 10.7 Å². The molecule has 1 aliphatic heterocycles. The second kappa shape index (κ2) is 10.8. The zero-order valence-electron chi connectivity index (χ0n) is 14.1. The Hall–Kier alpha value is -1.23. The third-order valence-corrected chi connectivity index (χ3v) is 4.78. The molecule has 0 N–H and O–H groups in total. The Morgan fingerprint density at radius 3 is 2.35 bits per heavy atom. The number of benzene rings is 1. The van der Waals surface area contributed by atoms with Crippen LogP contribution in [0.3, 0.4) is 0 Å². The number of carbonyl (C=O) groups is 1. The predicted octanol–water partition coefficient (Wildman–Crippen LogP) is 1.22. The fraction of sp³-hybridized carbons (Fsp3) is 0.562. The standard InChI is InChI=1S/C16H21ClO8S/c17-26(19,20)15-4-2-1-3-14(15)16(18)25-12-13-11-23-8-7-21-5-6-22-9-10-24-13/h1-4,13H,5-12H2. The molecule has 1 saturated heterocycles. The third kappa shape index (κ3) is 7.18. The van der Waals surface area contributed by atoms with E-state index in [-0.39, 0.29) is 23.7 Å². The maximum Gasteiger partial charge on any atom is 0.339 e. The minimum absolute atomic E-state index is 0.101. The summed E-state index contributed by atoms with van der Waals surface area (Å²) in [6, 6.07) is 5.57. The molecule has 0 amide bonds. The van der Waals surface area contributed by atoms with Gasteiger partial charge in [-0.15, -0.1) is 0 Å². The van der Waals surface area contributed by atoms with E-state index in [0.717, 1.165) is 0 Å². The Balaban J connectivity index is 1.94. The molecule has 0 radical (unpaired) electrons. The molecule has 26 heavy (non-hydrogen) atoms. The molecule has 146 valence electrons. The lowest BCUT2D eigenvalue weighted by Gasteiger charge is -2.19. The first-order valence-electron chi connectivity index (χ1n) is 8.04. The minimum Gasteiger partial charge on any atom is -0.459 e. The van der Waals surface area contributed by atoms with Gasteiger partial charge in [0.1, 0.15) is 12.7 Å². The van der Waals surface area contributed by atoms with Gasteiger partial charge >= 0.3 is 5.97 Å². The summed E-state index contributed by atoms with van der Waals surface area (Å²) < 4.78 is 50.0. The molecule has 2 rings (SSSR count). The van der Waals surface area contributed by atoms with Crippen LogP contribution in [0.5, 0.6) is 0 Å². The molecule has 0 bridgehead atoms. The first kappa shape index (κ1) is 21.1. The van der Waals surface area contributed by atoms with Gasteiger partial charge in [-0.2, -0.15) is 0 Å². The number of esters is 1. The first-order valence-corrected chi connectivity index (χ1v) is 10.3. The van der Waals surface area contributed by atoms with Crippen molar-refractivity contribution in [2.45, 2.75) is 11.0 Å². The molecule has 0 saturated carbocycles. The van der Waals surface area contributed by atoms with Gasteiger partial charge in [0.05, 0.1) is 56.7 Å². The Bertz CT molecular complexity index is 667. The number of halogens is 1. The highest BCUT2D eigenvalue weighted by molar-refractivity contribution is 8.13. The van der Waals surface area contributed by atoms with Crippen LogP contribution in [0.15, 0.2) is 29.2 Å². The van der Waals surface area contributed by atoms with Crippen LogP contribution in [0.1, 0.15) is 10.4 Å². The van der Waals surface area contributed by atoms with E-state index in [0.29, 0.717) is 39.6 Å². The predicted molar refractivity (Wildman–Crippen MR) is 92.0 cm³/mol. The van der Waals surface area contributed by atoms with Gasteiger partial charge in [0.15, 0.2) is 0 Å². The van der Waals surface area contributed by atoms with Crippen LogP contribution in [0.2, 0.25) is 0 Å². The van der Waals surface area contributed by atoms with Crippen LogP contribution in [0.4, 0.5) is 0 Å². The average molecular weight is 409 g/mol. The topological polar surface area (TPSA) is 97.4 Å². The molecule has 1 aliphatic rings. The van der Waals surface area contributed by atoms with Crippen molar-refractivity contribution in [2.24, 2.45) is 0 Å². The molecule has 1 atom stereocenters. The second-order valence-corrected chi connectivity index (χ2v) is 7.86. The van der Waals surface area contributed by atoms with E-state index >= 15 is 0 Å². The smallest absolute Gasteiger partial charge is 0.339 e. The van der Waals surface area contributed by atoms with E-state index < -0.39 is 21.1 Å². The van der Waals surface area contributed by atoms with Crippen molar-refractivity contribution in [3.05, 3.63) is 29.8 Å². The molecule has 1 fully saturated rings. The van der Waals surface area contributed by atoms with Gasteiger partial charge in [-0.3, -0.25) is 0 Å². The van der Waals surface area contributed by atoms with Crippen molar-refractivity contribution in [1.82, 2.24) is 0 Å². The van der Waals surface area contributed by atoms with E-state index in [4.69, 9.17) is 34.4 Å². The summed E-state index contributed by atoms with van der Waals surface area (Å²) in [5.41, 5.74) is -0.131. The fourth-order valence-corrected chi connectivity index (χ4v) is 3.23. The molecule has 1 unspecified atom stereocenters. The number of ether oxygens (including phenoxy) is 5. The normalized spacial score (nSPS) is 20.6. The summed E-state index contributed by atoms with van der Waals surface area (Å²) in [7, 11) is 1.29. The molecule has 10 heteroatoms. The summed E-state index contributed by atoms with van der Waals surface area (Å²) >= 11 is 0. The maximum absolute atomic E-state index is 12.2. The lowest BCUT2D eigenvalue weighted by Crippen LogP contribution is -2.30. The number of rotatable bonds is 4. The zero-order valence-corrected chi connectivity index (χ0v) is 15.7. The molecule has 0 aliphatic carbocycles. The van der Waals surface area contributed by atoms with Gasteiger partial charge in [-0.05, 0) is 12.1 Å². The second-order valence-electron chi connectivity index (χ2n) is 5.32. The highest BCUT2D eigenvalue weighted by atomic mass is 35.7. The Morgan fingerprint density at radius 2 is 1.65 bits per heavy atom. The van der Waals surface area contributed by atoms with Crippen LogP contribution in [0, 0.1) is 0 Å². The lowest BCUT2D eigenvalue weighted by molar-refractivity contribution is -0.0831. The molecule has 0 aromatic heterocycles. The molecule has 1 heterocycles. The van der Waals surface area contributed by atoms with Crippen LogP contribution in [-0.2, 0) is 32.7 Å². The van der Waals surface area contributed by atoms with E-state index in [9.17, 15) is 13.2 Å². The van der Waals surface area contributed by atoms with Crippen molar-refractivity contribution in [2.75, 3.05) is 52.9 Å². The molecule has 8 nitrogen and oxygen atoms in total. The summed E-state index contributed by atoms with van der Waals surface area (Å²) in [6.07, 6.45) is -0.512. The number of carbonyl (C=O) groups excluding carboxylic acids is 1. The average Bonchev–Trinajstić information content (AvgIpc) is 2.60.